The summed E-state index contributed by atoms with van der Waals surface area (Å²) in [5.74, 6) is -0.273. The summed E-state index contributed by atoms with van der Waals surface area (Å²) in [6.07, 6.45) is 1.80. The number of aryl methyl sites for hydroxylation is 2. The highest BCUT2D eigenvalue weighted by Crippen LogP contribution is 2.33. The molecule has 1 aromatic heterocycles. The van der Waals surface area contributed by atoms with E-state index in [1.807, 2.05) is 45.2 Å². The van der Waals surface area contributed by atoms with Crippen LogP contribution in [-0.4, -0.2) is 32.2 Å². The molecule has 0 spiro atoms. The SMILES string of the molecule is CNCCN(C)c1ccccc1Nc1cc(F)c(SNc2ncc(C)s2)cc1C. The zero-order valence-electron chi connectivity index (χ0n) is 17.0. The monoisotopic (exact) mass is 431 g/mol. The van der Waals surface area contributed by atoms with E-state index in [0.29, 0.717) is 4.90 Å². The van der Waals surface area contributed by atoms with Crippen molar-refractivity contribution in [2.24, 2.45) is 0 Å². The molecule has 3 aromatic rings. The zero-order valence-corrected chi connectivity index (χ0v) is 18.7. The first kappa shape index (κ1) is 21.4. The number of para-hydroxylation sites is 2. The van der Waals surface area contributed by atoms with Gasteiger partial charge in [0.15, 0.2) is 5.13 Å². The van der Waals surface area contributed by atoms with Crippen LogP contribution in [0.25, 0.3) is 0 Å². The fourth-order valence-corrected chi connectivity index (χ4v) is 4.28. The fourth-order valence-electron chi connectivity index (χ4n) is 2.83. The molecule has 0 saturated carbocycles. The zero-order chi connectivity index (χ0) is 20.8. The molecule has 0 atom stereocenters. The first-order chi connectivity index (χ1) is 14.0. The maximum Gasteiger partial charge on any atom is 0.193 e. The molecule has 0 aliphatic rings. The van der Waals surface area contributed by atoms with Gasteiger partial charge in [0, 0.05) is 36.9 Å². The average molecular weight is 432 g/mol. The van der Waals surface area contributed by atoms with Crippen LogP contribution in [0.1, 0.15) is 10.4 Å². The van der Waals surface area contributed by atoms with Crippen LogP contribution >= 0.6 is 23.3 Å². The lowest BCUT2D eigenvalue weighted by atomic mass is 10.1. The van der Waals surface area contributed by atoms with Crippen molar-refractivity contribution in [3.05, 3.63) is 58.9 Å². The molecule has 0 unspecified atom stereocenters. The quantitative estimate of drug-likeness (QED) is 0.394. The van der Waals surface area contributed by atoms with E-state index in [1.54, 1.807) is 23.6 Å². The van der Waals surface area contributed by atoms with E-state index in [9.17, 15) is 4.39 Å². The Labute approximate surface area is 179 Å². The third-order valence-electron chi connectivity index (χ3n) is 4.43. The summed E-state index contributed by atoms with van der Waals surface area (Å²) in [4.78, 5) is 8.08. The third-order valence-corrected chi connectivity index (χ3v) is 6.22. The van der Waals surface area contributed by atoms with Crippen LogP contribution in [0.15, 0.2) is 47.5 Å². The lowest BCUT2D eigenvalue weighted by Gasteiger charge is -2.23. The highest BCUT2D eigenvalue weighted by molar-refractivity contribution is 8.00. The smallest absolute Gasteiger partial charge is 0.193 e. The minimum atomic E-state index is -0.273. The second-order valence-corrected chi connectivity index (χ2v) is 8.83. The van der Waals surface area contributed by atoms with Gasteiger partial charge in [0.05, 0.1) is 16.3 Å². The number of nitrogens with one attached hydrogen (secondary N) is 3. The summed E-state index contributed by atoms with van der Waals surface area (Å²) >= 11 is 2.78. The van der Waals surface area contributed by atoms with E-state index in [1.165, 1.54) is 11.9 Å². The lowest BCUT2D eigenvalue weighted by Crippen LogP contribution is -2.27. The molecule has 5 nitrogen and oxygen atoms in total. The molecule has 0 aliphatic heterocycles. The molecule has 0 amide bonds. The molecule has 0 fully saturated rings. The number of anilines is 4. The van der Waals surface area contributed by atoms with Gasteiger partial charge in [-0.25, -0.2) is 9.37 Å². The Morgan fingerprint density at radius 3 is 2.69 bits per heavy atom. The van der Waals surface area contributed by atoms with E-state index in [4.69, 9.17) is 0 Å². The largest absolute Gasteiger partial charge is 0.372 e. The number of rotatable bonds is 9. The highest BCUT2D eigenvalue weighted by atomic mass is 32.2. The number of hydrogen-bond donors (Lipinski definition) is 3. The number of halogens is 1. The molecular weight excluding hydrogens is 405 g/mol. The first-order valence-electron chi connectivity index (χ1n) is 9.35. The molecular formula is C21H26FN5S2. The van der Waals surface area contributed by atoms with Crippen LogP contribution in [0.5, 0.6) is 0 Å². The molecule has 0 aliphatic carbocycles. The summed E-state index contributed by atoms with van der Waals surface area (Å²) < 4.78 is 17.8. The average Bonchev–Trinajstić information content (AvgIpc) is 3.13. The minimum absolute atomic E-state index is 0.273. The molecule has 8 heteroatoms. The van der Waals surface area contributed by atoms with E-state index in [0.717, 1.165) is 45.7 Å². The fraction of sp³-hybridized carbons (Fsp3) is 0.286. The van der Waals surface area contributed by atoms with Crippen molar-refractivity contribution >= 4 is 45.5 Å². The lowest BCUT2D eigenvalue weighted by molar-refractivity contribution is 0.602. The van der Waals surface area contributed by atoms with Crippen molar-refractivity contribution in [3.63, 3.8) is 0 Å². The Morgan fingerprint density at radius 1 is 1.17 bits per heavy atom. The van der Waals surface area contributed by atoms with Crippen molar-refractivity contribution in [1.82, 2.24) is 10.3 Å². The molecule has 0 radical (unpaired) electrons. The summed E-state index contributed by atoms with van der Waals surface area (Å²) in [5.41, 5.74) is 3.75. The summed E-state index contributed by atoms with van der Waals surface area (Å²) in [6.45, 7) is 5.73. The van der Waals surface area contributed by atoms with Gasteiger partial charge in [-0.1, -0.05) is 12.1 Å². The summed E-state index contributed by atoms with van der Waals surface area (Å²) in [7, 11) is 3.99. The molecule has 2 aromatic carbocycles. The number of aromatic nitrogens is 1. The Bertz CT molecular complexity index is 960. The van der Waals surface area contributed by atoms with Gasteiger partial charge in [0.1, 0.15) is 5.82 Å². The standard InChI is InChI=1S/C21H26FN5S2/c1-14-11-20(29-26-21-24-13-15(2)28-21)16(22)12-18(14)25-17-7-5-6-8-19(17)27(4)10-9-23-3/h5-8,11-13,23,25H,9-10H2,1-4H3,(H,24,26). The van der Waals surface area contributed by atoms with Crippen LogP contribution in [-0.2, 0) is 0 Å². The highest BCUT2D eigenvalue weighted by Gasteiger charge is 2.12. The maximum atomic E-state index is 14.7. The second-order valence-electron chi connectivity index (χ2n) is 6.74. The van der Waals surface area contributed by atoms with Crippen molar-refractivity contribution in [1.29, 1.82) is 0 Å². The molecule has 0 bridgehead atoms. The number of nitrogens with zero attached hydrogens (tertiary/aromatic N) is 2. The van der Waals surface area contributed by atoms with E-state index >= 15 is 0 Å². The molecule has 3 rings (SSSR count). The number of hydrogen-bond acceptors (Lipinski definition) is 7. The molecule has 29 heavy (non-hydrogen) atoms. The first-order valence-corrected chi connectivity index (χ1v) is 11.0. The van der Waals surface area contributed by atoms with Gasteiger partial charge in [0.25, 0.3) is 0 Å². The van der Waals surface area contributed by atoms with Crippen molar-refractivity contribution in [2.45, 2.75) is 18.7 Å². The molecule has 0 saturated heterocycles. The Morgan fingerprint density at radius 2 is 1.97 bits per heavy atom. The summed E-state index contributed by atoms with van der Waals surface area (Å²) in [6, 6.07) is 11.5. The van der Waals surface area contributed by atoms with Crippen LogP contribution in [0.2, 0.25) is 0 Å². The van der Waals surface area contributed by atoms with Crippen molar-refractivity contribution in [3.8, 4) is 0 Å². The third kappa shape index (κ3) is 5.62. The predicted molar refractivity (Wildman–Crippen MR) is 124 cm³/mol. The van der Waals surface area contributed by atoms with E-state index < -0.39 is 0 Å². The maximum absolute atomic E-state index is 14.7. The van der Waals surface area contributed by atoms with Crippen molar-refractivity contribution in [2.75, 3.05) is 42.1 Å². The number of likely N-dealkylation sites (N-methyl/N-ethyl adjacent to an activating group) is 2. The van der Waals surface area contributed by atoms with Crippen LogP contribution in [0.4, 0.5) is 26.6 Å². The van der Waals surface area contributed by atoms with Gasteiger partial charge in [0.2, 0.25) is 0 Å². The molecule has 154 valence electrons. The van der Waals surface area contributed by atoms with Gasteiger partial charge in [-0.15, -0.1) is 11.3 Å². The normalized spacial score (nSPS) is 10.8. The Hall–Kier alpha value is -2.29. The van der Waals surface area contributed by atoms with Crippen LogP contribution in [0.3, 0.4) is 0 Å². The topological polar surface area (TPSA) is 52.2 Å². The minimum Gasteiger partial charge on any atom is -0.372 e. The van der Waals surface area contributed by atoms with Gasteiger partial charge in [-0.2, -0.15) is 0 Å². The van der Waals surface area contributed by atoms with Gasteiger partial charge < -0.3 is 20.3 Å². The van der Waals surface area contributed by atoms with E-state index in [2.05, 4.69) is 38.4 Å². The van der Waals surface area contributed by atoms with Gasteiger partial charge >= 0.3 is 0 Å². The summed E-state index contributed by atoms with van der Waals surface area (Å²) in [5, 5.41) is 7.33. The Kier molecular flexibility index (Phi) is 7.35. The Balaban J connectivity index is 1.76. The predicted octanol–water partition coefficient (Wildman–Crippen LogP) is 5.42. The molecule has 3 N–H and O–H groups in total. The number of benzene rings is 2. The van der Waals surface area contributed by atoms with Gasteiger partial charge in [-0.05, 0) is 62.7 Å². The van der Waals surface area contributed by atoms with E-state index in [-0.39, 0.29) is 5.82 Å². The van der Waals surface area contributed by atoms with Crippen LogP contribution in [0, 0.1) is 19.7 Å². The second kappa shape index (κ2) is 9.96. The van der Waals surface area contributed by atoms with Gasteiger partial charge in [-0.3, -0.25) is 0 Å². The van der Waals surface area contributed by atoms with Crippen molar-refractivity contribution < 1.29 is 4.39 Å². The number of thiazole rings is 1. The van der Waals surface area contributed by atoms with Crippen LogP contribution < -0.4 is 20.3 Å². The molecule has 1 heterocycles.